The minimum atomic E-state index is -5.19. The highest BCUT2D eigenvalue weighted by molar-refractivity contribution is 6.04. The van der Waals surface area contributed by atoms with Crippen molar-refractivity contribution >= 4 is 28.7 Å². The lowest BCUT2D eigenvalue weighted by Crippen LogP contribution is -3.14. The summed E-state index contributed by atoms with van der Waals surface area (Å²) in [6.07, 6.45) is -2.89. The van der Waals surface area contributed by atoms with Crippen molar-refractivity contribution in [3.05, 3.63) is 59.8 Å². The van der Waals surface area contributed by atoms with E-state index in [1.165, 1.54) is 57.4 Å². The van der Waals surface area contributed by atoms with Gasteiger partial charge in [0.05, 0.1) is 42.8 Å². The number of carboxylic acids is 2. The Morgan fingerprint density at radius 1 is 0.955 bits per heavy atom. The normalized spacial score (nSPS) is 20.2. The van der Waals surface area contributed by atoms with Crippen molar-refractivity contribution in [3.8, 4) is 5.69 Å². The summed E-state index contributed by atoms with van der Waals surface area (Å²) < 4.78 is 64.9. The lowest BCUT2D eigenvalue weighted by atomic mass is 9.74. The largest absolute Gasteiger partial charge is 0.542 e. The van der Waals surface area contributed by atoms with E-state index in [-0.39, 0.29) is 0 Å². The van der Waals surface area contributed by atoms with E-state index in [2.05, 4.69) is 34.7 Å². The topological polar surface area (TPSA) is 162 Å². The standard InChI is InChI=1S/C24H29N5O.2C2HF3O2/c25-23(30)21-5-1-4-19-15-29(27-22(19)21)20-8-6-18(7-9-20)14-28-13-3-11-24(17-28)10-2-12-26-16-24;2*3-2(4,5)1(6)7/h1,4-9,15,26H,2-3,10-14,16-17H2,(H2,25,30);2*(H,6,7). The molecule has 2 unspecified atom stereocenters. The van der Waals surface area contributed by atoms with Gasteiger partial charge in [-0.3, -0.25) is 4.79 Å². The molecule has 44 heavy (non-hydrogen) atoms. The number of benzene rings is 2. The number of hydrogen-bond acceptors (Lipinski definition) is 6. The summed E-state index contributed by atoms with van der Waals surface area (Å²) >= 11 is 0. The maximum Gasteiger partial charge on any atom is 0.430 e. The molecule has 240 valence electrons. The lowest BCUT2D eigenvalue weighted by Gasteiger charge is -2.41. The number of carbonyl (C=O) groups excluding carboxylic acids is 3. The van der Waals surface area contributed by atoms with E-state index in [9.17, 15) is 31.1 Å². The van der Waals surface area contributed by atoms with Crippen molar-refractivity contribution in [1.82, 2.24) is 9.78 Å². The quantitative estimate of drug-likeness (QED) is 0.321. The summed E-state index contributed by atoms with van der Waals surface area (Å²) in [5.41, 5.74) is 9.55. The van der Waals surface area contributed by atoms with Gasteiger partial charge in [0.1, 0.15) is 24.0 Å². The molecule has 10 nitrogen and oxygen atoms in total. The molecule has 1 spiro atoms. The first-order valence-corrected chi connectivity index (χ1v) is 13.6. The van der Waals surface area contributed by atoms with E-state index in [1.54, 1.807) is 11.0 Å². The number of carbonyl (C=O) groups is 3. The fourth-order valence-corrected chi connectivity index (χ4v) is 5.52. The molecule has 0 radical (unpaired) electrons. The summed E-state index contributed by atoms with van der Waals surface area (Å²) in [7, 11) is 0. The maximum absolute atomic E-state index is 11.7. The van der Waals surface area contributed by atoms with Crippen LogP contribution in [0.2, 0.25) is 0 Å². The van der Waals surface area contributed by atoms with E-state index in [0.717, 1.165) is 17.6 Å². The molecule has 2 atom stereocenters. The predicted molar refractivity (Wildman–Crippen MR) is 139 cm³/mol. The van der Waals surface area contributed by atoms with Crippen molar-refractivity contribution in [2.75, 3.05) is 26.2 Å². The van der Waals surface area contributed by atoms with Gasteiger partial charge >= 0.3 is 12.4 Å². The number of hydrogen-bond donors (Lipinski definition) is 3. The molecular formula is C28H31F6N5O5. The van der Waals surface area contributed by atoms with Crippen molar-refractivity contribution in [1.29, 1.82) is 0 Å². The van der Waals surface area contributed by atoms with Crippen LogP contribution < -0.4 is 26.2 Å². The van der Waals surface area contributed by atoms with Crippen molar-refractivity contribution < 1.29 is 61.2 Å². The predicted octanol–water partition coefficient (Wildman–Crippen LogP) is -0.756. The molecule has 0 aliphatic carbocycles. The average molecular weight is 632 g/mol. The number of aliphatic carboxylic acids is 2. The van der Waals surface area contributed by atoms with Gasteiger partial charge in [0.2, 0.25) is 0 Å². The van der Waals surface area contributed by atoms with Crippen LogP contribution >= 0.6 is 0 Å². The highest BCUT2D eigenvalue weighted by Crippen LogP contribution is 2.29. The molecule has 1 aromatic heterocycles. The van der Waals surface area contributed by atoms with Gasteiger partial charge in [0, 0.05) is 17.1 Å². The van der Waals surface area contributed by atoms with E-state index in [4.69, 9.17) is 25.5 Å². The van der Waals surface area contributed by atoms with Gasteiger partial charge in [0.15, 0.2) is 0 Å². The number of likely N-dealkylation sites (tertiary alicyclic amines) is 1. The van der Waals surface area contributed by atoms with Gasteiger partial charge in [-0.05, 0) is 43.9 Å². The molecule has 16 heteroatoms. The van der Waals surface area contributed by atoms with Gasteiger partial charge in [-0.1, -0.05) is 24.3 Å². The molecule has 3 aromatic rings. The molecule has 2 aliphatic rings. The molecule has 2 aliphatic heterocycles. The van der Waals surface area contributed by atoms with Crippen LogP contribution in [0.1, 0.15) is 41.6 Å². The number of carboxylic acid groups (broad SMARTS) is 2. The number of fused-ring (bicyclic) bond motifs is 1. The number of halogens is 6. The summed E-state index contributed by atoms with van der Waals surface area (Å²) in [6.45, 7) is 6.31. The van der Waals surface area contributed by atoms with E-state index in [0.29, 0.717) is 16.5 Å². The second kappa shape index (κ2) is 14.1. The van der Waals surface area contributed by atoms with Crippen LogP contribution in [0, 0.1) is 5.41 Å². The van der Waals surface area contributed by atoms with Crippen molar-refractivity contribution in [2.45, 2.75) is 44.6 Å². The Bertz CT molecular complexity index is 1420. The highest BCUT2D eigenvalue weighted by Gasteiger charge is 2.41. The second-order valence-electron chi connectivity index (χ2n) is 10.8. The monoisotopic (exact) mass is 631 g/mol. The first-order chi connectivity index (χ1) is 20.5. The third kappa shape index (κ3) is 9.41. The minimum absolute atomic E-state index is 0.445. The molecule has 2 fully saturated rings. The van der Waals surface area contributed by atoms with Crippen LogP contribution in [0.4, 0.5) is 26.3 Å². The second-order valence-corrected chi connectivity index (χ2v) is 10.8. The first-order valence-electron chi connectivity index (χ1n) is 13.6. The van der Waals surface area contributed by atoms with Gasteiger partial charge < -0.3 is 35.8 Å². The zero-order chi connectivity index (χ0) is 32.7. The van der Waals surface area contributed by atoms with Crippen LogP contribution in [-0.2, 0) is 16.1 Å². The number of nitrogens with zero attached hydrogens (tertiary/aromatic N) is 2. The summed E-state index contributed by atoms with van der Waals surface area (Å²) in [4.78, 5) is 31.0. The third-order valence-electron chi connectivity index (χ3n) is 7.47. The van der Waals surface area contributed by atoms with Crippen molar-refractivity contribution in [3.63, 3.8) is 0 Å². The number of quaternary nitrogens is 2. The van der Waals surface area contributed by atoms with Gasteiger partial charge in [-0.2, -0.15) is 31.4 Å². The van der Waals surface area contributed by atoms with Gasteiger partial charge in [0.25, 0.3) is 5.91 Å². The SMILES string of the molecule is NC(=O)c1cccc2cn(-c3ccc(C[NH+]4CCCC5(CCC[NH2+]C5)C4)cc3)nc12.O=C([O-])C(F)(F)F.O=C([O-])C(F)(F)F. The number of primary amides is 1. The highest BCUT2D eigenvalue weighted by atomic mass is 19.4. The van der Waals surface area contributed by atoms with Crippen LogP contribution in [0.15, 0.2) is 48.7 Å². The van der Waals surface area contributed by atoms with Gasteiger partial charge in [-0.25, -0.2) is 4.68 Å². The number of nitrogens with two attached hydrogens (primary N) is 2. The number of alkyl halides is 6. The van der Waals surface area contributed by atoms with Crippen LogP contribution in [0.5, 0.6) is 0 Å². The Kier molecular flexibility index (Phi) is 11.0. The van der Waals surface area contributed by atoms with Crippen LogP contribution in [-0.4, -0.2) is 66.2 Å². The fourth-order valence-electron chi connectivity index (χ4n) is 5.52. The van der Waals surface area contributed by atoms with Crippen molar-refractivity contribution in [2.24, 2.45) is 11.1 Å². The maximum atomic E-state index is 11.7. The van der Waals surface area contributed by atoms with Gasteiger partial charge in [-0.15, -0.1) is 0 Å². The fraction of sp³-hybridized carbons (Fsp3) is 0.429. The Labute approximate surface area is 247 Å². The molecular weight excluding hydrogens is 600 g/mol. The number of nitrogens with one attached hydrogen (secondary N) is 1. The Hall–Kier alpha value is -4.18. The molecule has 5 rings (SSSR count). The minimum Gasteiger partial charge on any atom is -0.542 e. The molecule has 3 heterocycles. The van der Waals surface area contributed by atoms with E-state index < -0.39 is 30.2 Å². The Morgan fingerprint density at radius 2 is 1.55 bits per heavy atom. The summed E-state index contributed by atoms with van der Waals surface area (Å²) in [5.74, 6) is -6.46. The van der Waals surface area contributed by atoms with E-state index in [1.807, 2.05) is 23.0 Å². The smallest absolute Gasteiger partial charge is 0.430 e. The zero-order valence-corrected chi connectivity index (χ0v) is 23.3. The molecule has 0 saturated carbocycles. The van der Waals surface area contributed by atoms with E-state index >= 15 is 0 Å². The van der Waals surface area contributed by atoms with Crippen LogP contribution in [0.3, 0.4) is 0 Å². The summed E-state index contributed by atoms with van der Waals surface area (Å²) in [5, 5.41) is 25.6. The molecule has 2 saturated heterocycles. The molecule has 5 N–H and O–H groups in total. The summed E-state index contributed by atoms with van der Waals surface area (Å²) in [6, 6.07) is 14.2. The third-order valence-corrected chi connectivity index (χ3v) is 7.47. The Morgan fingerprint density at radius 3 is 2.07 bits per heavy atom. The lowest BCUT2D eigenvalue weighted by molar-refractivity contribution is -0.929. The number of piperidine rings is 2. The van der Waals surface area contributed by atoms with Crippen LogP contribution in [0.25, 0.3) is 16.6 Å². The molecule has 1 amide bonds. The first kappa shape index (κ1) is 34.3. The number of aromatic nitrogens is 2. The Balaban J connectivity index is 0.000000317. The zero-order valence-electron chi connectivity index (χ0n) is 23.3. The average Bonchev–Trinajstić information content (AvgIpc) is 3.38. The molecule has 0 bridgehead atoms. The number of amides is 1. The number of rotatable bonds is 4. The molecule has 2 aromatic carbocycles.